The maximum Gasteiger partial charge on any atom is 0.193 e. The number of methoxy groups -OCH3 is 1. The van der Waals surface area contributed by atoms with E-state index < -0.39 is 0 Å². The number of hydrogen-bond acceptors (Lipinski definition) is 3. The molecule has 3 rings (SSSR count). The molecule has 0 aliphatic heterocycles. The molecular formula is C19H19NO3. The largest absolute Gasteiger partial charge is 0.496 e. The number of H-pyrrole nitrogens is 1. The molecule has 1 aromatic heterocycles. The van der Waals surface area contributed by atoms with E-state index in [1.807, 2.05) is 36.4 Å². The maximum absolute atomic E-state index is 12.4. The Morgan fingerprint density at radius 2 is 1.87 bits per heavy atom. The molecule has 1 N–H and O–H groups in total. The third kappa shape index (κ3) is 3.06. The van der Waals surface area contributed by atoms with Crippen LogP contribution in [0.4, 0.5) is 0 Å². The summed E-state index contributed by atoms with van der Waals surface area (Å²) in [5.41, 5.74) is 2.42. The molecule has 0 bridgehead atoms. The molecule has 0 spiro atoms. The van der Waals surface area contributed by atoms with E-state index in [0.29, 0.717) is 17.7 Å². The van der Waals surface area contributed by atoms with Gasteiger partial charge in [-0.2, -0.15) is 0 Å². The van der Waals surface area contributed by atoms with Gasteiger partial charge >= 0.3 is 0 Å². The Labute approximate surface area is 134 Å². The first kappa shape index (κ1) is 15.2. The van der Waals surface area contributed by atoms with Crippen LogP contribution in [0.1, 0.15) is 13.3 Å². The number of pyridine rings is 1. The molecule has 118 valence electrons. The Bertz CT molecular complexity index is 866. The van der Waals surface area contributed by atoms with Crippen molar-refractivity contribution in [3.63, 3.8) is 0 Å². The van der Waals surface area contributed by atoms with Crippen molar-refractivity contribution in [2.75, 3.05) is 13.7 Å². The Balaban J connectivity index is 2.02. The van der Waals surface area contributed by atoms with Crippen LogP contribution in [0.5, 0.6) is 11.5 Å². The van der Waals surface area contributed by atoms with Gasteiger partial charge in [-0.1, -0.05) is 13.0 Å². The number of benzene rings is 2. The van der Waals surface area contributed by atoms with Crippen LogP contribution in [0.2, 0.25) is 0 Å². The van der Waals surface area contributed by atoms with Crippen LogP contribution in [0.15, 0.2) is 53.3 Å². The van der Waals surface area contributed by atoms with E-state index in [2.05, 4.69) is 11.9 Å². The van der Waals surface area contributed by atoms with Crippen LogP contribution in [0, 0.1) is 0 Å². The third-order valence-electron chi connectivity index (χ3n) is 3.68. The van der Waals surface area contributed by atoms with Gasteiger partial charge in [-0.05, 0) is 48.4 Å². The molecule has 2 aromatic carbocycles. The molecule has 0 radical (unpaired) electrons. The van der Waals surface area contributed by atoms with Gasteiger partial charge in [0.1, 0.15) is 11.5 Å². The smallest absolute Gasteiger partial charge is 0.193 e. The summed E-state index contributed by atoms with van der Waals surface area (Å²) in [6.07, 6.45) is 0.974. The predicted octanol–water partition coefficient (Wildman–Crippen LogP) is 3.99. The maximum atomic E-state index is 12.4. The van der Waals surface area contributed by atoms with Gasteiger partial charge in [-0.3, -0.25) is 4.79 Å². The molecule has 1 heterocycles. The summed E-state index contributed by atoms with van der Waals surface area (Å²) in [5, 5.41) is 0.571. The van der Waals surface area contributed by atoms with Gasteiger partial charge in [0, 0.05) is 11.8 Å². The topological polar surface area (TPSA) is 51.3 Å². The molecule has 0 atom stereocenters. The standard InChI is InChI=1S/C19H19NO3/c1-3-11-23-14-9-7-13(8-10-14)16-12-17(21)19-15(20-16)5-4-6-18(19)22-2/h4-10,12H,3,11H2,1-2H3,(H,20,21). The molecule has 0 aliphatic carbocycles. The first-order valence-electron chi connectivity index (χ1n) is 7.66. The summed E-state index contributed by atoms with van der Waals surface area (Å²) in [6, 6.07) is 14.9. The van der Waals surface area contributed by atoms with Crippen LogP contribution >= 0.6 is 0 Å². The lowest BCUT2D eigenvalue weighted by molar-refractivity contribution is 0.317. The normalized spacial score (nSPS) is 10.7. The Kier molecular flexibility index (Phi) is 4.33. The zero-order chi connectivity index (χ0) is 16.2. The number of fused-ring (bicyclic) bond motifs is 1. The number of rotatable bonds is 5. The van der Waals surface area contributed by atoms with Crippen molar-refractivity contribution < 1.29 is 9.47 Å². The van der Waals surface area contributed by atoms with E-state index in [4.69, 9.17) is 9.47 Å². The summed E-state index contributed by atoms with van der Waals surface area (Å²) < 4.78 is 10.9. The second-order valence-corrected chi connectivity index (χ2v) is 5.30. The van der Waals surface area contributed by atoms with Crippen molar-refractivity contribution in [3.8, 4) is 22.8 Å². The summed E-state index contributed by atoms with van der Waals surface area (Å²) in [4.78, 5) is 15.7. The first-order chi connectivity index (χ1) is 11.2. The number of ether oxygens (including phenoxy) is 2. The highest BCUT2D eigenvalue weighted by Gasteiger charge is 2.08. The molecule has 0 fully saturated rings. The van der Waals surface area contributed by atoms with Gasteiger partial charge in [-0.15, -0.1) is 0 Å². The second-order valence-electron chi connectivity index (χ2n) is 5.30. The van der Waals surface area contributed by atoms with Gasteiger partial charge in [0.15, 0.2) is 5.43 Å². The molecular weight excluding hydrogens is 290 g/mol. The van der Waals surface area contributed by atoms with E-state index in [9.17, 15) is 4.79 Å². The van der Waals surface area contributed by atoms with Crippen molar-refractivity contribution in [2.45, 2.75) is 13.3 Å². The van der Waals surface area contributed by atoms with Crippen LogP contribution in [-0.4, -0.2) is 18.7 Å². The van der Waals surface area contributed by atoms with E-state index >= 15 is 0 Å². The van der Waals surface area contributed by atoms with E-state index in [0.717, 1.165) is 28.9 Å². The van der Waals surface area contributed by atoms with Gasteiger partial charge < -0.3 is 14.5 Å². The average molecular weight is 309 g/mol. The van der Waals surface area contributed by atoms with Crippen LogP contribution < -0.4 is 14.9 Å². The fourth-order valence-corrected chi connectivity index (χ4v) is 2.55. The van der Waals surface area contributed by atoms with E-state index in [1.165, 1.54) is 0 Å². The lowest BCUT2D eigenvalue weighted by Crippen LogP contribution is -2.04. The number of nitrogens with one attached hydrogen (secondary N) is 1. The molecule has 4 nitrogen and oxygen atoms in total. The summed E-state index contributed by atoms with van der Waals surface area (Å²) in [7, 11) is 1.57. The number of aromatic amines is 1. The zero-order valence-corrected chi connectivity index (χ0v) is 13.3. The van der Waals surface area contributed by atoms with Crippen molar-refractivity contribution in [1.29, 1.82) is 0 Å². The zero-order valence-electron chi connectivity index (χ0n) is 13.3. The quantitative estimate of drug-likeness (QED) is 0.775. The highest BCUT2D eigenvalue weighted by Crippen LogP contribution is 2.25. The van der Waals surface area contributed by atoms with Gasteiger partial charge in [0.25, 0.3) is 0 Å². The molecule has 0 saturated heterocycles. The average Bonchev–Trinajstić information content (AvgIpc) is 2.59. The van der Waals surface area contributed by atoms with Gasteiger partial charge in [0.05, 0.1) is 24.6 Å². The number of hydrogen-bond donors (Lipinski definition) is 1. The molecule has 4 heteroatoms. The summed E-state index contributed by atoms with van der Waals surface area (Å²) in [6.45, 7) is 2.77. The number of aromatic nitrogens is 1. The lowest BCUT2D eigenvalue weighted by Gasteiger charge is -2.09. The molecule has 0 saturated carbocycles. The summed E-state index contributed by atoms with van der Waals surface area (Å²) >= 11 is 0. The minimum absolute atomic E-state index is 0.0579. The second kappa shape index (κ2) is 6.57. The third-order valence-corrected chi connectivity index (χ3v) is 3.68. The summed E-state index contributed by atoms with van der Waals surface area (Å²) in [5.74, 6) is 1.42. The van der Waals surface area contributed by atoms with Crippen molar-refractivity contribution >= 4 is 10.9 Å². The molecule has 3 aromatic rings. The molecule has 23 heavy (non-hydrogen) atoms. The van der Waals surface area contributed by atoms with Crippen molar-refractivity contribution in [1.82, 2.24) is 4.98 Å². The minimum Gasteiger partial charge on any atom is -0.496 e. The minimum atomic E-state index is -0.0579. The highest BCUT2D eigenvalue weighted by molar-refractivity contribution is 5.87. The monoisotopic (exact) mass is 309 g/mol. The molecule has 0 unspecified atom stereocenters. The van der Waals surface area contributed by atoms with Crippen LogP contribution in [-0.2, 0) is 0 Å². The Morgan fingerprint density at radius 3 is 2.57 bits per heavy atom. The van der Waals surface area contributed by atoms with E-state index in [1.54, 1.807) is 19.2 Å². The van der Waals surface area contributed by atoms with Crippen LogP contribution in [0.25, 0.3) is 22.2 Å². The Morgan fingerprint density at radius 1 is 1.09 bits per heavy atom. The molecule has 0 amide bonds. The van der Waals surface area contributed by atoms with Crippen LogP contribution in [0.3, 0.4) is 0 Å². The van der Waals surface area contributed by atoms with E-state index in [-0.39, 0.29) is 5.43 Å². The van der Waals surface area contributed by atoms with Crippen molar-refractivity contribution in [3.05, 3.63) is 58.8 Å². The van der Waals surface area contributed by atoms with Crippen molar-refractivity contribution in [2.24, 2.45) is 0 Å². The fraction of sp³-hybridized carbons (Fsp3) is 0.211. The highest BCUT2D eigenvalue weighted by atomic mass is 16.5. The van der Waals surface area contributed by atoms with Gasteiger partial charge in [0.2, 0.25) is 0 Å². The molecule has 0 aliphatic rings. The first-order valence-corrected chi connectivity index (χ1v) is 7.66. The fourth-order valence-electron chi connectivity index (χ4n) is 2.55. The SMILES string of the molecule is CCCOc1ccc(-c2cc(=O)c3c(OC)cccc3[nH]2)cc1. The predicted molar refractivity (Wildman–Crippen MR) is 92.3 cm³/mol. The lowest BCUT2D eigenvalue weighted by atomic mass is 10.1. The Hall–Kier alpha value is -2.75. The van der Waals surface area contributed by atoms with Gasteiger partial charge in [-0.25, -0.2) is 0 Å².